The van der Waals surface area contributed by atoms with Crippen LogP contribution in [-0.4, -0.2) is 11.5 Å². The summed E-state index contributed by atoms with van der Waals surface area (Å²) in [7, 11) is 0. The number of Topliss-reactive ketones (excluding diaryl/α,β-unsaturated/α-hetero) is 1. The van der Waals surface area contributed by atoms with E-state index in [2.05, 4.69) is 5.32 Å². The van der Waals surface area contributed by atoms with Gasteiger partial charge in [-0.05, 0) is 42.7 Å². The quantitative estimate of drug-likeness (QED) is 0.818. The number of allylic oxidation sites excluding steroid dienone is 4. The van der Waals surface area contributed by atoms with Crippen molar-refractivity contribution >= 4 is 29.1 Å². The van der Waals surface area contributed by atoms with Gasteiger partial charge in [0, 0.05) is 34.2 Å². The number of ketones is 1. The number of carbonyl (C=O) groups is 1. The Labute approximate surface area is 137 Å². The van der Waals surface area contributed by atoms with Gasteiger partial charge in [0.25, 0.3) is 0 Å². The lowest BCUT2D eigenvalue weighted by Gasteiger charge is -2.33. The first-order valence-corrected chi connectivity index (χ1v) is 8.85. The maximum absolute atomic E-state index is 13.5. The number of dihydropyridines is 1. The maximum atomic E-state index is 13.5. The molecule has 0 saturated heterocycles. The molecule has 1 aromatic carbocycles. The Bertz CT molecular complexity index is 740. The largest absolute Gasteiger partial charge is 0.361 e. The van der Waals surface area contributed by atoms with Crippen LogP contribution in [0.1, 0.15) is 37.2 Å². The van der Waals surface area contributed by atoms with Crippen LogP contribution < -0.4 is 5.32 Å². The maximum Gasteiger partial charge on any atom is 0.161 e. The van der Waals surface area contributed by atoms with Gasteiger partial charge >= 0.3 is 0 Å². The zero-order chi connectivity index (χ0) is 15.3. The van der Waals surface area contributed by atoms with Gasteiger partial charge in [-0.2, -0.15) is 0 Å². The van der Waals surface area contributed by atoms with Crippen LogP contribution in [0.5, 0.6) is 0 Å². The lowest BCUT2D eigenvalue weighted by molar-refractivity contribution is -0.115. The van der Waals surface area contributed by atoms with Gasteiger partial charge in [-0.25, -0.2) is 4.39 Å². The van der Waals surface area contributed by atoms with E-state index in [0.29, 0.717) is 6.42 Å². The Balaban J connectivity index is 1.87. The number of halogens is 2. The summed E-state index contributed by atoms with van der Waals surface area (Å²) in [4.78, 5) is 13.6. The first-order chi connectivity index (χ1) is 10.6. The molecule has 1 atom stereocenters. The molecule has 1 aromatic rings. The third-order valence-corrected chi connectivity index (χ3v) is 6.06. The van der Waals surface area contributed by atoms with Gasteiger partial charge in [-0.3, -0.25) is 4.79 Å². The number of thioether (sulfide) groups is 1. The average Bonchev–Trinajstić information content (AvgIpc) is 2.89. The van der Waals surface area contributed by atoms with E-state index in [0.717, 1.165) is 41.8 Å². The fourth-order valence-electron chi connectivity index (χ4n) is 3.49. The van der Waals surface area contributed by atoms with Crippen molar-refractivity contribution in [3.8, 4) is 0 Å². The van der Waals surface area contributed by atoms with Crippen molar-refractivity contribution in [1.82, 2.24) is 5.32 Å². The normalized spacial score (nSPS) is 24.3. The molecule has 0 spiro atoms. The zero-order valence-electron chi connectivity index (χ0n) is 11.9. The number of hydrogen-bond acceptors (Lipinski definition) is 3. The highest BCUT2D eigenvalue weighted by Gasteiger charge is 2.39. The molecular formula is C17H15ClFNOS. The van der Waals surface area contributed by atoms with Crippen molar-refractivity contribution < 1.29 is 9.18 Å². The van der Waals surface area contributed by atoms with Crippen LogP contribution in [0, 0.1) is 5.82 Å². The Hall–Kier alpha value is -1.26. The monoisotopic (exact) mass is 335 g/mol. The molecule has 0 bridgehead atoms. The van der Waals surface area contributed by atoms with Crippen LogP contribution in [0.2, 0.25) is 5.02 Å². The second-order valence-electron chi connectivity index (χ2n) is 5.84. The SMILES string of the molecule is O=C1CCC2=C1C(c1ccc(F)c(Cl)c1)C1=C(CCCS1)N2. The smallest absolute Gasteiger partial charge is 0.161 e. The molecule has 1 unspecified atom stereocenters. The predicted octanol–water partition coefficient (Wildman–Crippen LogP) is 4.52. The van der Waals surface area contributed by atoms with Crippen molar-refractivity contribution in [1.29, 1.82) is 0 Å². The van der Waals surface area contributed by atoms with Gasteiger partial charge < -0.3 is 5.32 Å². The molecule has 0 fully saturated rings. The van der Waals surface area contributed by atoms with E-state index in [9.17, 15) is 9.18 Å². The van der Waals surface area contributed by atoms with Gasteiger partial charge in [0.2, 0.25) is 0 Å². The molecule has 0 aromatic heterocycles. The Morgan fingerprint density at radius 3 is 2.91 bits per heavy atom. The summed E-state index contributed by atoms with van der Waals surface area (Å²) in [5.41, 5.74) is 4.06. The highest BCUT2D eigenvalue weighted by Crippen LogP contribution is 2.49. The topological polar surface area (TPSA) is 29.1 Å². The fraction of sp³-hybridized carbons (Fsp3) is 0.353. The number of carbonyl (C=O) groups excluding carboxylic acids is 1. The molecule has 1 N–H and O–H groups in total. The molecule has 5 heteroatoms. The van der Waals surface area contributed by atoms with Crippen molar-refractivity contribution in [2.45, 2.75) is 31.6 Å². The van der Waals surface area contributed by atoms with Gasteiger partial charge in [-0.1, -0.05) is 17.7 Å². The molecule has 114 valence electrons. The van der Waals surface area contributed by atoms with Gasteiger partial charge in [0.05, 0.1) is 5.02 Å². The first-order valence-electron chi connectivity index (χ1n) is 7.49. The molecule has 4 rings (SSSR count). The van der Waals surface area contributed by atoms with E-state index in [-0.39, 0.29) is 16.7 Å². The lowest BCUT2D eigenvalue weighted by Crippen LogP contribution is -2.27. The molecule has 0 radical (unpaired) electrons. The zero-order valence-corrected chi connectivity index (χ0v) is 13.5. The van der Waals surface area contributed by atoms with E-state index in [4.69, 9.17) is 11.6 Å². The molecule has 2 aliphatic heterocycles. The second-order valence-corrected chi connectivity index (χ2v) is 7.39. The van der Waals surface area contributed by atoms with E-state index < -0.39 is 5.82 Å². The second kappa shape index (κ2) is 5.43. The molecule has 3 aliphatic rings. The minimum Gasteiger partial charge on any atom is -0.361 e. The molecule has 22 heavy (non-hydrogen) atoms. The van der Waals surface area contributed by atoms with Gasteiger partial charge in [0.1, 0.15) is 5.82 Å². The minimum absolute atomic E-state index is 0.0790. The Kier molecular flexibility index (Phi) is 3.54. The van der Waals surface area contributed by atoms with Crippen molar-refractivity contribution in [3.05, 3.63) is 56.5 Å². The van der Waals surface area contributed by atoms with Gasteiger partial charge in [0.15, 0.2) is 5.78 Å². The fourth-order valence-corrected chi connectivity index (χ4v) is 4.93. The molecule has 0 amide bonds. The summed E-state index contributed by atoms with van der Waals surface area (Å²) in [5.74, 6) is 0.759. The first kappa shape index (κ1) is 14.3. The summed E-state index contributed by atoms with van der Waals surface area (Å²) in [5, 5.41) is 3.60. The summed E-state index contributed by atoms with van der Waals surface area (Å²) < 4.78 is 13.5. The third kappa shape index (κ3) is 2.20. The van der Waals surface area contributed by atoms with E-state index in [1.54, 1.807) is 23.9 Å². The van der Waals surface area contributed by atoms with Crippen LogP contribution in [0.4, 0.5) is 4.39 Å². The average molecular weight is 336 g/mol. The van der Waals surface area contributed by atoms with E-state index in [1.165, 1.54) is 16.7 Å². The molecule has 2 heterocycles. The van der Waals surface area contributed by atoms with Crippen LogP contribution >= 0.6 is 23.4 Å². The highest BCUT2D eigenvalue weighted by atomic mass is 35.5. The van der Waals surface area contributed by atoms with Crippen molar-refractivity contribution in [3.63, 3.8) is 0 Å². The van der Waals surface area contributed by atoms with Crippen LogP contribution in [0.3, 0.4) is 0 Å². The lowest BCUT2D eigenvalue weighted by atomic mass is 9.85. The van der Waals surface area contributed by atoms with Crippen LogP contribution in [0.15, 0.2) is 40.1 Å². The molecular weight excluding hydrogens is 321 g/mol. The summed E-state index contributed by atoms with van der Waals surface area (Å²) in [6, 6.07) is 4.82. The minimum atomic E-state index is -0.420. The predicted molar refractivity (Wildman–Crippen MR) is 87.3 cm³/mol. The van der Waals surface area contributed by atoms with Crippen LogP contribution in [0.25, 0.3) is 0 Å². The van der Waals surface area contributed by atoms with E-state index in [1.807, 2.05) is 0 Å². The summed E-state index contributed by atoms with van der Waals surface area (Å²) in [6.45, 7) is 0. The molecule has 1 aliphatic carbocycles. The molecule has 2 nitrogen and oxygen atoms in total. The third-order valence-electron chi connectivity index (χ3n) is 4.48. The number of nitrogens with one attached hydrogen (secondary N) is 1. The highest BCUT2D eigenvalue weighted by molar-refractivity contribution is 8.03. The number of benzene rings is 1. The van der Waals surface area contributed by atoms with Crippen LogP contribution in [-0.2, 0) is 4.79 Å². The van der Waals surface area contributed by atoms with Gasteiger partial charge in [-0.15, -0.1) is 11.8 Å². The van der Waals surface area contributed by atoms with Crippen molar-refractivity contribution in [2.75, 3.05) is 5.75 Å². The Morgan fingerprint density at radius 2 is 2.09 bits per heavy atom. The number of rotatable bonds is 1. The standard InChI is InChI=1S/C17H15ClFNOS/c18-10-8-9(3-4-11(10)19)15-16-12(5-6-14(16)21)20-13-2-1-7-22-17(13)15/h3-4,8,15,20H,1-2,5-7H2. The van der Waals surface area contributed by atoms with Crippen molar-refractivity contribution in [2.24, 2.45) is 0 Å². The summed E-state index contributed by atoms with van der Waals surface area (Å²) >= 11 is 7.78. The molecule has 0 saturated carbocycles. The number of hydrogen-bond donors (Lipinski definition) is 1. The summed E-state index contributed by atoms with van der Waals surface area (Å²) in [6.07, 6.45) is 3.50. The van der Waals surface area contributed by atoms with E-state index >= 15 is 0 Å². The Morgan fingerprint density at radius 1 is 1.23 bits per heavy atom.